The van der Waals surface area contributed by atoms with Gasteiger partial charge >= 0.3 is 11.9 Å². The third kappa shape index (κ3) is 4.23. The molecular weight excluding hydrogens is 320 g/mol. The van der Waals surface area contributed by atoms with E-state index in [0.29, 0.717) is 5.75 Å². The molecule has 0 bridgehead atoms. The molecule has 1 N–H and O–H groups in total. The molecule has 0 aliphatic heterocycles. The first-order chi connectivity index (χ1) is 10.9. The van der Waals surface area contributed by atoms with E-state index in [9.17, 15) is 9.59 Å². The topological polar surface area (TPSA) is 72.8 Å². The monoisotopic (exact) mass is 334 g/mol. The second kappa shape index (κ2) is 7.15. The van der Waals surface area contributed by atoms with Crippen molar-refractivity contribution in [2.24, 2.45) is 0 Å². The quantitative estimate of drug-likeness (QED) is 0.667. The highest BCUT2D eigenvalue weighted by atomic mass is 35.5. The zero-order valence-electron chi connectivity index (χ0n) is 12.6. The Hall–Kier alpha value is -2.53. The molecule has 0 spiro atoms. The SMILES string of the molecule is Cc1cccc(C)c1OCC(=O)Oc1ccc(Cl)cc1C(=O)O. The van der Waals surface area contributed by atoms with Crippen LogP contribution in [0, 0.1) is 13.8 Å². The van der Waals surface area contributed by atoms with Gasteiger partial charge in [0.25, 0.3) is 0 Å². The Morgan fingerprint density at radius 1 is 1.13 bits per heavy atom. The molecule has 23 heavy (non-hydrogen) atoms. The molecule has 0 atom stereocenters. The van der Waals surface area contributed by atoms with Crippen LogP contribution >= 0.6 is 11.6 Å². The Morgan fingerprint density at radius 2 is 1.78 bits per heavy atom. The molecule has 0 aromatic heterocycles. The predicted molar refractivity (Wildman–Crippen MR) is 85.5 cm³/mol. The van der Waals surface area contributed by atoms with Crippen LogP contribution in [-0.2, 0) is 4.79 Å². The number of hydrogen-bond donors (Lipinski definition) is 1. The van der Waals surface area contributed by atoms with Crippen LogP contribution in [0.5, 0.6) is 11.5 Å². The van der Waals surface area contributed by atoms with Crippen molar-refractivity contribution in [2.75, 3.05) is 6.61 Å². The van der Waals surface area contributed by atoms with Crippen LogP contribution in [0.25, 0.3) is 0 Å². The van der Waals surface area contributed by atoms with Gasteiger partial charge in [-0.15, -0.1) is 0 Å². The first-order valence-corrected chi connectivity index (χ1v) is 7.19. The van der Waals surface area contributed by atoms with Crippen molar-refractivity contribution in [2.45, 2.75) is 13.8 Å². The number of carboxylic acid groups (broad SMARTS) is 1. The summed E-state index contributed by atoms with van der Waals surface area (Å²) in [6, 6.07) is 9.64. The van der Waals surface area contributed by atoms with Gasteiger partial charge in [-0.05, 0) is 43.2 Å². The second-order valence-electron chi connectivity index (χ2n) is 4.93. The number of carbonyl (C=O) groups is 2. The molecule has 2 aromatic rings. The fraction of sp³-hybridized carbons (Fsp3) is 0.176. The summed E-state index contributed by atoms with van der Waals surface area (Å²) in [5.74, 6) is -1.39. The summed E-state index contributed by atoms with van der Waals surface area (Å²) >= 11 is 5.74. The number of carbonyl (C=O) groups excluding carboxylic acids is 1. The summed E-state index contributed by atoms with van der Waals surface area (Å²) in [6.45, 7) is 3.41. The molecule has 0 aliphatic rings. The number of halogens is 1. The molecule has 0 saturated carbocycles. The van der Waals surface area contributed by atoms with Crippen LogP contribution in [0.2, 0.25) is 5.02 Å². The minimum atomic E-state index is -1.23. The number of ether oxygens (including phenoxy) is 2. The Bertz CT molecular complexity index is 734. The molecule has 2 aromatic carbocycles. The van der Waals surface area contributed by atoms with Crippen molar-refractivity contribution in [3.05, 3.63) is 58.1 Å². The Kier molecular flexibility index (Phi) is 5.24. The van der Waals surface area contributed by atoms with Gasteiger partial charge in [-0.1, -0.05) is 29.8 Å². The maximum atomic E-state index is 11.9. The van der Waals surface area contributed by atoms with Crippen molar-refractivity contribution < 1.29 is 24.2 Å². The van der Waals surface area contributed by atoms with Gasteiger partial charge in [0.15, 0.2) is 6.61 Å². The summed E-state index contributed by atoms with van der Waals surface area (Å²) in [4.78, 5) is 23.0. The molecule has 0 radical (unpaired) electrons. The number of aromatic carboxylic acids is 1. The molecule has 0 heterocycles. The fourth-order valence-corrected chi connectivity index (χ4v) is 2.24. The average molecular weight is 335 g/mol. The van der Waals surface area contributed by atoms with Crippen LogP contribution in [0.15, 0.2) is 36.4 Å². The van der Waals surface area contributed by atoms with Gasteiger partial charge in [-0.25, -0.2) is 9.59 Å². The van der Waals surface area contributed by atoms with Crippen molar-refractivity contribution in [3.63, 3.8) is 0 Å². The highest BCUT2D eigenvalue weighted by molar-refractivity contribution is 6.31. The molecule has 0 aliphatic carbocycles. The number of benzene rings is 2. The van der Waals surface area contributed by atoms with Crippen molar-refractivity contribution in [1.29, 1.82) is 0 Å². The van der Waals surface area contributed by atoms with E-state index >= 15 is 0 Å². The molecule has 0 saturated heterocycles. The van der Waals surface area contributed by atoms with Crippen LogP contribution in [-0.4, -0.2) is 23.7 Å². The molecule has 0 amide bonds. The lowest BCUT2D eigenvalue weighted by Gasteiger charge is -2.12. The third-order valence-electron chi connectivity index (χ3n) is 3.14. The lowest BCUT2D eigenvalue weighted by Crippen LogP contribution is -2.19. The van der Waals surface area contributed by atoms with E-state index in [2.05, 4.69) is 0 Å². The molecular formula is C17H15ClO5. The minimum absolute atomic E-state index is 0.0722. The van der Waals surface area contributed by atoms with Gasteiger partial charge in [-0.3, -0.25) is 0 Å². The minimum Gasteiger partial charge on any atom is -0.481 e. The van der Waals surface area contributed by atoms with E-state index in [-0.39, 0.29) is 22.9 Å². The maximum absolute atomic E-state index is 11.9. The zero-order chi connectivity index (χ0) is 17.0. The van der Waals surface area contributed by atoms with Gasteiger partial charge in [0.1, 0.15) is 17.1 Å². The van der Waals surface area contributed by atoms with E-state index in [1.54, 1.807) is 0 Å². The van der Waals surface area contributed by atoms with Crippen LogP contribution in [0.4, 0.5) is 0 Å². The normalized spacial score (nSPS) is 10.2. The third-order valence-corrected chi connectivity index (χ3v) is 3.37. The summed E-state index contributed by atoms with van der Waals surface area (Å²) < 4.78 is 10.5. The Balaban J connectivity index is 2.07. The smallest absolute Gasteiger partial charge is 0.349 e. The number of para-hydroxylation sites is 1. The van der Waals surface area contributed by atoms with E-state index in [0.717, 1.165) is 11.1 Å². The number of esters is 1. The van der Waals surface area contributed by atoms with Crippen molar-refractivity contribution >= 4 is 23.5 Å². The standard InChI is InChI=1S/C17H15ClO5/c1-10-4-3-5-11(2)16(10)22-9-15(19)23-14-7-6-12(18)8-13(14)17(20)21/h3-8H,9H2,1-2H3,(H,20,21). The lowest BCUT2D eigenvalue weighted by molar-refractivity contribution is -0.136. The lowest BCUT2D eigenvalue weighted by atomic mass is 10.1. The molecule has 0 fully saturated rings. The highest BCUT2D eigenvalue weighted by Crippen LogP contribution is 2.24. The zero-order valence-corrected chi connectivity index (χ0v) is 13.4. The van der Waals surface area contributed by atoms with Crippen molar-refractivity contribution in [1.82, 2.24) is 0 Å². The molecule has 6 heteroatoms. The van der Waals surface area contributed by atoms with Gasteiger partial charge < -0.3 is 14.6 Å². The average Bonchev–Trinajstić information content (AvgIpc) is 2.48. The second-order valence-corrected chi connectivity index (χ2v) is 5.37. The molecule has 5 nitrogen and oxygen atoms in total. The predicted octanol–water partition coefficient (Wildman–Crippen LogP) is 3.64. The van der Waals surface area contributed by atoms with Crippen molar-refractivity contribution in [3.8, 4) is 11.5 Å². The summed E-state index contributed by atoms with van der Waals surface area (Å²) in [6.07, 6.45) is 0. The van der Waals surface area contributed by atoms with Gasteiger partial charge in [-0.2, -0.15) is 0 Å². The number of rotatable bonds is 5. The van der Waals surface area contributed by atoms with Gasteiger partial charge in [0.05, 0.1) is 0 Å². The summed E-state index contributed by atoms with van der Waals surface area (Å²) in [5, 5.41) is 9.35. The van der Waals surface area contributed by atoms with E-state index in [1.807, 2.05) is 32.0 Å². The Labute approximate surface area is 138 Å². The van der Waals surface area contributed by atoms with E-state index in [4.69, 9.17) is 26.2 Å². The maximum Gasteiger partial charge on any atom is 0.349 e. The van der Waals surface area contributed by atoms with E-state index < -0.39 is 11.9 Å². The largest absolute Gasteiger partial charge is 0.481 e. The number of carboxylic acids is 1. The first-order valence-electron chi connectivity index (χ1n) is 6.81. The Morgan fingerprint density at radius 3 is 2.39 bits per heavy atom. The van der Waals surface area contributed by atoms with E-state index in [1.165, 1.54) is 18.2 Å². The van der Waals surface area contributed by atoms with Gasteiger partial charge in [0.2, 0.25) is 0 Å². The highest BCUT2D eigenvalue weighted by Gasteiger charge is 2.16. The van der Waals surface area contributed by atoms with Gasteiger partial charge in [0, 0.05) is 5.02 Å². The summed E-state index contributed by atoms with van der Waals surface area (Å²) in [7, 11) is 0. The molecule has 120 valence electrons. The first kappa shape index (κ1) is 16.8. The van der Waals surface area contributed by atoms with Crippen LogP contribution < -0.4 is 9.47 Å². The molecule has 2 rings (SSSR count). The van der Waals surface area contributed by atoms with Crippen LogP contribution in [0.3, 0.4) is 0 Å². The molecule has 0 unspecified atom stereocenters. The number of aryl methyl sites for hydroxylation is 2. The van der Waals surface area contributed by atoms with Crippen LogP contribution in [0.1, 0.15) is 21.5 Å². The summed E-state index contributed by atoms with van der Waals surface area (Å²) in [5.41, 5.74) is 1.61. The fourth-order valence-electron chi connectivity index (χ4n) is 2.07. The number of hydrogen-bond acceptors (Lipinski definition) is 4.